The van der Waals surface area contributed by atoms with Crippen LogP contribution < -0.4 is 11.3 Å². The van der Waals surface area contributed by atoms with Gasteiger partial charge in [0.15, 0.2) is 5.82 Å². The van der Waals surface area contributed by atoms with Crippen molar-refractivity contribution in [2.24, 2.45) is 5.84 Å². The number of nitrogens with zero attached hydrogens (tertiary/aromatic N) is 2. The quantitative estimate of drug-likeness (QED) is 0.462. The Kier molecular flexibility index (Phi) is 3.59. The first kappa shape index (κ1) is 12.8. The third-order valence-electron chi connectivity index (χ3n) is 2.07. The van der Waals surface area contributed by atoms with E-state index in [1.165, 1.54) is 14.1 Å². The number of nitrogens with one attached hydrogen (secondary N) is 1. The second-order valence-corrected chi connectivity index (χ2v) is 3.45. The molecule has 3 N–H and O–H groups in total. The zero-order valence-corrected chi connectivity index (χ0v) is 9.23. The van der Waals surface area contributed by atoms with Crippen molar-refractivity contribution in [3.63, 3.8) is 0 Å². The van der Waals surface area contributed by atoms with Gasteiger partial charge in [0.2, 0.25) is 0 Å². The van der Waals surface area contributed by atoms with E-state index in [0.29, 0.717) is 6.07 Å². The Bertz CT molecular complexity index is 476. The van der Waals surface area contributed by atoms with E-state index >= 15 is 0 Å². The van der Waals surface area contributed by atoms with Crippen molar-refractivity contribution in [1.82, 2.24) is 4.90 Å². The maximum atomic E-state index is 13.3. The smallest absolute Gasteiger partial charge is 0.285 e. The Morgan fingerprint density at radius 2 is 2.12 bits per heavy atom. The van der Waals surface area contributed by atoms with Crippen LogP contribution in [0.4, 0.5) is 15.8 Å². The lowest BCUT2D eigenvalue weighted by Gasteiger charge is -2.12. The third-order valence-corrected chi connectivity index (χ3v) is 2.07. The molecule has 0 aliphatic carbocycles. The first-order valence-corrected chi connectivity index (χ1v) is 4.54. The van der Waals surface area contributed by atoms with Crippen LogP contribution in [0.15, 0.2) is 12.1 Å². The minimum atomic E-state index is -0.894. The zero-order chi connectivity index (χ0) is 13.2. The lowest BCUT2D eigenvalue weighted by molar-refractivity contribution is -0.385. The Morgan fingerprint density at radius 1 is 1.53 bits per heavy atom. The first-order chi connectivity index (χ1) is 7.88. The van der Waals surface area contributed by atoms with Gasteiger partial charge >= 0.3 is 0 Å². The number of benzene rings is 1. The van der Waals surface area contributed by atoms with Crippen LogP contribution in [0.3, 0.4) is 0 Å². The summed E-state index contributed by atoms with van der Waals surface area (Å²) in [6.45, 7) is 0. The maximum absolute atomic E-state index is 13.3. The summed E-state index contributed by atoms with van der Waals surface area (Å²) in [5.74, 6) is 3.54. The number of carbonyl (C=O) groups excluding carboxylic acids is 1. The van der Waals surface area contributed by atoms with Gasteiger partial charge in [-0.05, 0) is 6.07 Å². The van der Waals surface area contributed by atoms with Crippen LogP contribution in [0.25, 0.3) is 0 Å². The van der Waals surface area contributed by atoms with E-state index in [0.717, 1.165) is 11.0 Å². The summed E-state index contributed by atoms with van der Waals surface area (Å²) >= 11 is 0. The second kappa shape index (κ2) is 4.74. The second-order valence-electron chi connectivity index (χ2n) is 3.45. The molecular weight excluding hydrogens is 231 g/mol. The molecule has 0 atom stereocenters. The monoisotopic (exact) mass is 242 g/mol. The fraction of sp³-hybridized carbons (Fsp3) is 0.222. The molecule has 1 rings (SSSR count). The van der Waals surface area contributed by atoms with Crippen LogP contribution >= 0.6 is 0 Å². The van der Waals surface area contributed by atoms with Gasteiger partial charge in [0.1, 0.15) is 5.56 Å². The van der Waals surface area contributed by atoms with E-state index in [9.17, 15) is 19.3 Å². The van der Waals surface area contributed by atoms with Crippen molar-refractivity contribution in [3.8, 4) is 0 Å². The molecular formula is C9H11FN4O3. The number of nitro benzene ring substituents is 1. The van der Waals surface area contributed by atoms with Crippen molar-refractivity contribution in [3.05, 3.63) is 33.6 Å². The van der Waals surface area contributed by atoms with E-state index in [4.69, 9.17) is 5.84 Å². The number of rotatable bonds is 3. The molecule has 8 heteroatoms. The normalized spacial score (nSPS) is 9.88. The highest BCUT2D eigenvalue weighted by Crippen LogP contribution is 2.26. The number of halogens is 1. The summed E-state index contributed by atoms with van der Waals surface area (Å²) in [5, 5.41) is 10.7. The summed E-state index contributed by atoms with van der Waals surface area (Å²) in [6.07, 6.45) is 0. The van der Waals surface area contributed by atoms with Crippen LogP contribution in [-0.2, 0) is 0 Å². The van der Waals surface area contributed by atoms with Gasteiger partial charge in [-0.25, -0.2) is 4.39 Å². The van der Waals surface area contributed by atoms with Gasteiger partial charge in [-0.3, -0.25) is 20.8 Å². The van der Waals surface area contributed by atoms with Gasteiger partial charge in [-0.15, -0.1) is 0 Å². The number of hydrazine groups is 1. The molecule has 0 aliphatic heterocycles. The van der Waals surface area contributed by atoms with Gasteiger partial charge in [0.25, 0.3) is 11.6 Å². The number of nitrogen functional groups attached to an aromatic ring is 1. The Hall–Kier alpha value is -2.22. The molecule has 0 bridgehead atoms. The molecule has 0 aliphatic rings. The average Bonchev–Trinajstić information content (AvgIpc) is 2.27. The molecule has 92 valence electrons. The minimum absolute atomic E-state index is 0.180. The predicted molar refractivity (Wildman–Crippen MR) is 58.9 cm³/mol. The van der Waals surface area contributed by atoms with Gasteiger partial charge in [0, 0.05) is 14.1 Å². The van der Waals surface area contributed by atoms with E-state index in [2.05, 4.69) is 0 Å². The number of hydrogen-bond donors (Lipinski definition) is 2. The van der Waals surface area contributed by atoms with Crippen molar-refractivity contribution in [2.75, 3.05) is 19.5 Å². The average molecular weight is 242 g/mol. The van der Waals surface area contributed by atoms with Gasteiger partial charge < -0.3 is 10.3 Å². The fourth-order valence-electron chi connectivity index (χ4n) is 1.24. The van der Waals surface area contributed by atoms with Crippen molar-refractivity contribution < 1.29 is 14.1 Å². The topological polar surface area (TPSA) is 102 Å². The minimum Gasteiger partial charge on any atom is -0.345 e. The van der Waals surface area contributed by atoms with Crippen molar-refractivity contribution >= 4 is 17.3 Å². The van der Waals surface area contributed by atoms with E-state index in [1.807, 2.05) is 5.43 Å². The zero-order valence-electron chi connectivity index (χ0n) is 9.23. The Balaban J connectivity index is 3.44. The molecule has 0 radical (unpaired) electrons. The number of nitro groups is 1. The van der Waals surface area contributed by atoms with E-state index in [-0.39, 0.29) is 11.3 Å². The number of anilines is 1. The van der Waals surface area contributed by atoms with Crippen LogP contribution in [-0.4, -0.2) is 29.8 Å². The highest BCUT2D eigenvalue weighted by Gasteiger charge is 2.24. The highest BCUT2D eigenvalue weighted by atomic mass is 19.1. The summed E-state index contributed by atoms with van der Waals surface area (Å²) in [7, 11) is 2.87. The Labute approximate surface area is 96.1 Å². The molecule has 0 fully saturated rings. The molecule has 0 heterocycles. The largest absolute Gasteiger partial charge is 0.345 e. The number of amides is 1. The molecule has 0 spiro atoms. The molecule has 0 saturated carbocycles. The fourth-order valence-corrected chi connectivity index (χ4v) is 1.24. The van der Waals surface area contributed by atoms with Crippen molar-refractivity contribution in [1.29, 1.82) is 0 Å². The van der Waals surface area contributed by atoms with Gasteiger partial charge in [-0.2, -0.15) is 0 Å². The molecule has 7 nitrogen and oxygen atoms in total. The molecule has 1 aromatic carbocycles. The van der Waals surface area contributed by atoms with Crippen LogP contribution in [0.2, 0.25) is 0 Å². The van der Waals surface area contributed by atoms with E-state index < -0.39 is 22.3 Å². The van der Waals surface area contributed by atoms with Crippen molar-refractivity contribution in [2.45, 2.75) is 0 Å². The molecule has 0 saturated heterocycles. The maximum Gasteiger partial charge on any atom is 0.285 e. The predicted octanol–water partition coefficient (Wildman–Crippen LogP) is 0.721. The van der Waals surface area contributed by atoms with Crippen LogP contribution in [0.5, 0.6) is 0 Å². The summed E-state index contributed by atoms with van der Waals surface area (Å²) < 4.78 is 13.3. The van der Waals surface area contributed by atoms with E-state index in [1.54, 1.807) is 0 Å². The molecule has 0 unspecified atom stereocenters. The summed E-state index contributed by atoms with van der Waals surface area (Å²) in [6, 6.07) is 1.67. The molecule has 17 heavy (non-hydrogen) atoms. The van der Waals surface area contributed by atoms with Crippen LogP contribution in [0.1, 0.15) is 10.4 Å². The number of nitrogens with two attached hydrogens (primary N) is 1. The van der Waals surface area contributed by atoms with Crippen LogP contribution in [0, 0.1) is 15.9 Å². The SMILES string of the molecule is CN(C)C(=O)c1cc(NN)c(F)cc1[N+](=O)[O-]. The summed E-state index contributed by atoms with van der Waals surface area (Å²) in [4.78, 5) is 22.7. The highest BCUT2D eigenvalue weighted by molar-refractivity contribution is 5.98. The lowest BCUT2D eigenvalue weighted by atomic mass is 10.1. The standard InChI is InChI=1S/C9H11FN4O3/c1-13(2)9(15)5-3-7(12-11)6(10)4-8(5)14(16)17/h3-4,12H,11H2,1-2H3. The number of carbonyl (C=O) groups is 1. The molecule has 0 aromatic heterocycles. The third kappa shape index (κ3) is 2.48. The van der Waals surface area contributed by atoms with Gasteiger partial charge in [0.05, 0.1) is 16.7 Å². The van der Waals surface area contributed by atoms with Gasteiger partial charge in [-0.1, -0.05) is 0 Å². The lowest BCUT2D eigenvalue weighted by Crippen LogP contribution is -2.23. The summed E-state index contributed by atoms with van der Waals surface area (Å²) in [5.41, 5.74) is 1.02. The molecule has 1 amide bonds. The first-order valence-electron chi connectivity index (χ1n) is 4.54. The molecule has 1 aromatic rings. The number of hydrogen-bond acceptors (Lipinski definition) is 5. The Morgan fingerprint density at radius 3 is 2.53 bits per heavy atom.